The Kier molecular flexibility index (Phi) is 14.0. The molecule has 312 valence electrons. The fourth-order valence-corrected chi connectivity index (χ4v) is 5.86. The number of hydrogen-bond donors (Lipinski definition) is 0. The van der Waals surface area contributed by atoms with Gasteiger partial charge in [0, 0.05) is 37.7 Å². The van der Waals surface area contributed by atoms with E-state index in [4.69, 9.17) is 16.9 Å². The van der Waals surface area contributed by atoms with E-state index in [1.54, 1.807) is 12.1 Å². The number of nitriles is 2. The molecule has 23 heteroatoms. The van der Waals surface area contributed by atoms with Gasteiger partial charge in [-0.2, -0.15) is 36.9 Å². The van der Waals surface area contributed by atoms with E-state index in [0.29, 0.717) is 12.1 Å². The number of rotatable bonds is 7. The van der Waals surface area contributed by atoms with Gasteiger partial charge in [0.15, 0.2) is 0 Å². The predicted molar refractivity (Wildman–Crippen MR) is 190 cm³/mol. The van der Waals surface area contributed by atoms with Crippen molar-refractivity contribution in [2.45, 2.75) is 38.0 Å². The van der Waals surface area contributed by atoms with Gasteiger partial charge in [-0.05, 0) is 55.3 Å². The lowest BCUT2D eigenvalue weighted by Gasteiger charge is -2.18. The summed E-state index contributed by atoms with van der Waals surface area (Å²) in [4.78, 5) is 72.7. The molecular weight excluding hydrogens is 832 g/mol. The molecule has 2 aromatic carbocycles. The number of alkyl halides is 7. The third-order valence-corrected chi connectivity index (χ3v) is 8.73. The molecule has 1 atom stereocenters. The molecule has 0 aliphatic rings. The van der Waals surface area contributed by atoms with Crippen molar-refractivity contribution in [1.82, 2.24) is 18.3 Å². The molecule has 0 amide bonds. The Labute approximate surface area is 330 Å². The van der Waals surface area contributed by atoms with E-state index in [1.165, 1.54) is 0 Å². The van der Waals surface area contributed by atoms with Crippen LogP contribution in [0.5, 0.6) is 0 Å². The van der Waals surface area contributed by atoms with Crippen molar-refractivity contribution >= 4 is 29.6 Å². The normalized spacial score (nSPS) is 11.9. The fraction of sp³-hybridized carbons (Fsp3) is 0.278. The van der Waals surface area contributed by atoms with E-state index >= 15 is 0 Å². The predicted octanol–water partition coefficient (Wildman–Crippen LogP) is 4.26. The van der Waals surface area contributed by atoms with Gasteiger partial charge in [0.25, 0.3) is 11.1 Å². The van der Waals surface area contributed by atoms with Crippen LogP contribution in [-0.4, -0.2) is 49.8 Å². The van der Waals surface area contributed by atoms with Gasteiger partial charge in [0.05, 0.1) is 48.9 Å². The summed E-state index contributed by atoms with van der Waals surface area (Å²) in [5.74, 6) is -4.02. The molecule has 4 aromatic rings. The third-order valence-electron chi connectivity index (χ3n) is 8.39. The van der Waals surface area contributed by atoms with Crippen LogP contribution in [0.2, 0.25) is 0 Å². The lowest BCUT2D eigenvalue weighted by Crippen LogP contribution is -2.43. The lowest BCUT2D eigenvalue weighted by atomic mass is 10.0. The molecule has 4 rings (SSSR count). The number of aromatic nitrogens is 4. The smallest absolute Gasteiger partial charge is 0.432 e. The van der Waals surface area contributed by atoms with E-state index in [0.717, 1.165) is 66.4 Å². The van der Waals surface area contributed by atoms with Crippen LogP contribution in [-0.2, 0) is 51.9 Å². The maximum Gasteiger partial charge on any atom is 0.432 e. The number of hydrogen-bond acceptors (Lipinski definition) is 10. The minimum atomic E-state index is -4.99. The summed E-state index contributed by atoms with van der Waals surface area (Å²) in [6.07, 6.45) is -8.29. The van der Waals surface area contributed by atoms with Crippen molar-refractivity contribution in [2.24, 2.45) is 14.1 Å². The molecule has 59 heavy (non-hydrogen) atoms. The Hall–Kier alpha value is -6.81. The Bertz CT molecular complexity index is 2660. The molecule has 0 radical (unpaired) electrons. The second-order valence-corrected chi connectivity index (χ2v) is 12.6. The molecule has 0 saturated heterocycles. The Morgan fingerprint density at radius 2 is 1.19 bits per heavy atom. The fourth-order valence-electron chi connectivity index (χ4n) is 5.60. The zero-order valence-corrected chi connectivity index (χ0v) is 31.9. The number of nitrogens with zero attached hydrogens (tertiary/aromatic N) is 6. The number of benzene rings is 2. The number of carbonyl (C=O) groups excluding carboxylic acids is 2. The molecule has 14 nitrogen and oxygen atoms in total. The Balaban J connectivity index is 0.000000316. The zero-order chi connectivity index (χ0) is 45.1. The highest BCUT2D eigenvalue weighted by atomic mass is 35.5. The van der Waals surface area contributed by atoms with Crippen molar-refractivity contribution in [3.63, 3.8) is 0 Å². The molecule has 0 fully saturated rings. The second kappa shape index (κ2) is 17.8. The van der Waals surface area contributed by atoms with Crippen molar-refractivity contribution in [2.75, 3.05) is 14.2 Å². The summed E-state index contributed by atoms with van der Waals surface area (Å²) in [7, 11) is 3.77. The van der Waals surface area contributed by atoms with E-state index in [2.05, 4.69) is 9.47 Å². The van der Waals surface area contributed by atoms with Gasteiger partial charge in [-0.3, -0.25) is 23.5 Å². The summed E-state index contributed by atoms with van der Waals surface area (Å²) in [5.41, 5.74) is -12.1. The first kappa shape index (κ1) is 46.6. The van der Waals surface area contributed by atoms with Crippen LogP contribution in [0.15, 0.2) is 49.5 Å². The van der Waals surface area contributed by atoms with Gasteiger partial charge in [0.1, 0.15) is 28.4 Å². The first-order chi connectivity index (χ1) is 27.3. The van der Waals surface area contributed by atoms with E-state index in [1.807, 2.05) is 0 Å². The molecule has 0 saturated carbocycles. The number of ether oxygens (including phenoxy) is 2. The van der Waals surface area contributed by atoms with Crippen molar-refractivity contribution in [3.8, 4) is 23.5 Å². The van der Waals surface area contributed by atoms with Gasteiger partial charge in [0.2, 0.25) is 0 Å². The maximum absolute atomic E-state index is 14.6. The molecule has 0 bridgehead atoms. The summed E-state index contributed by atoms with van der Waals surface area (Å²) >= 11 is 5.88. The molecule has 1 unspecified atom stereocenters. The Morgan fingerprint density at radius 3 is 1.58 bits per heavy atom. The summed E-state index contributed by atoms with van der Waals surface area (Å²) in [5, 5.41) is 17.1. The van der Waals surface area contributed by atoms with Crippen LogP contribution in [0.25, 0.3) is 17.5 Å². The molecule has 0 aliphatic carbocycles. The number of halogens is 9. The van der Waals surface area contributed by atoms with Crippen LogP contribution in [0.3, 0.4) is 0 Å². The molecule has 0 N–H and O–H groups in total. The van der Waals surface area contributed by atoms with Crippen LogP contribution in [0.1, 0.15) is 44.8 Å². The lowest BCUT2D eigenvalue weighted by molar-refractivity contribution is -0.145. The monoisotopic (exact) mass is 858 g/mol. The summed E-state index contributed by atoms with van der Waals surface area (Å²) < 4.78 is 118. The number of methoxy groups -OCH3 is 2. The quantitative estimate of drug-likeness (QED) is 0.113. The van der Waals surface area contributed by atoms with Gasteiger partial charge < -0.3 is 9.47 Å². The van der Waals surface area contributed by atoms with Crippen molar-refractivity contribution in [3.05, 3.63) is 128 Å². The molecule has 2 aromatic heterocycles. The van der Waals surface area contributed by atoms with Crippen molar-refractivity contribution < 1.29 is 54.2 Å². The van der Waals surface area contributed by atoms with E-state index < -0.39 is 97.7 Å². The van der Waals surface area contributed by atoms with Gasteiger partial charge >= 0.3 is 35.7 Å². The zero-order valence-electron chi connectivity index (χ0n) is 31.1. The highest BCUT2D eigenvalue weighted by molar-refractivity contribution is 6.30. The standard InChI is InChI=1S/C18H14ClF4N3O4.C18H13F4N3O4/c1-8-14(18(21,22)23)25(2)17(29)26(15(8)27)13-6-9(4-11(19)16(28)30-3)10(7-24)5-12(13)20;1-9-15(18(20,21)22)24(2)17(28)25(16(9)27)13-7-10(4-5-14(26)29-3)11(8-23)6-12(13)19/h5-6,11H,4H2,1-3H3;4-7H,1-3H3/b;5-4-. The topological polar surface area (TPSA) is 188 Å². The van der Waals surface area contributed by atoms with Crippen LogP contribution < -0.4 is 22.5 Å². The first-order valence-electron chi connectivity index (χ1n) is 16.0. The molecule has 2 heterocycles. The van der Waals surface area contributed by atoms with E-state index in [-0.39, 0.29) is 46.9 Å². The van der Waals surface area contributed by atoms with E-state index in [9.17, 15) is 69.2 Å². The summed E-state index contributed by atoms with van der Waals surface area (Å²) in [6.45, 7) is 1.72. The second-order valence-electron chi connectivity index (χ2n) is 12.0. The third kappa shape index (κ3) is 9.50. The first-order valence-corrected chi connectivity index (χ1v) is 16.5. The van der Waals surface area contributed by atoms with Crippen LogP contribution in [0.4, 0.5) is 35.1 Å². The van der Waals surface area contributed by atoms with Crippen LogP contribution >= 0.6 is 11.6 Å². The molecule has 0 aliphatic heterocycles. The Morgan fingerprint density at radius 1 is 0.763 bits per heavy atom. The highest BCUT2D eigenvalue weighted by Gasteiger charge is 2.39. The van der Waals surface area contributed by atoms with Crippen LogP contribution in [0, 0.1) is 48.1 Å². The average Bonchev–Trinajstić information content (AvgIpc) is 3.16. The molecule has 0 spiro atoms. The SMILES string of the molecule is COC(=O)/C=C\c1cc(-n2c(=O)c(C)c(C(F)(F)F)n(C)c2=O)c(F)cc1C#N.COC(=O)C(Cl)Cc1cc(-n2c(=O)c(C)c(C(F)(F)F)n(C)c2=O)c(F)cc1C#N. The van der Waals surface area contributed by atoms with Gasteiger partial charge in [-0.1, -0.05) is 0 Å². The van der Waals surface area contributed by atoms with Gasteiger partial charge in [-0.25, -0.2) is 32.3 Å². The van der Waals surface area contributed by atoms with Gasteiger partial charge in [-0.15, -0.1) is 11.6 Å². The minimum Gasteiger partial charge on any atom is -0.468 e. The molecular formula is C36H27ClF8N6O8. The average molecular weight is 859 g/mol. The largest absolute Gasteiger partial charge is 0.468 e. The minimum absolute atomic E-state index is 0.00851. The number of esters is 2. The summed E-state index contributed by atoms with van der Waals surface area (Å²) in [6, 6.07) is 6.59. The number of carbonyl (C=O) groups is 2. The highest BCUT2D eigenvalue weighted by Crippen LogP contribution is 2.31. The van der Waals surface area contributed by atoms with Crippen molar-refractivity contribution in [1.29, 1.82) is 10.5 Å². The maximum atomic E-state index is 14.6.